The maximum absolute atomic E-state index is 9.83. The van der Waals surface area contributed by atoms with Gasteiger partial charge in [-0.2, -0.15) is 0 Å². The molecule has 2 unspecified atom stereocenters. The number of nitrogen functional groups attached to an aromatic ring is 1. The fourth-order valence-electron chi connectivity index (χ4n) is 1.34. The van der Waals surface area contributed by atoms with Gasteiger partial charge in [0.2, 0.25) is 0 Å². The van der Waals surface area contributed by atoms with Gasteiger partial charge in [0.25, 0.3) is 0 Å². The Morgan fingerprint density at radius 3 is 2.38 bits per heavy atom. The number of rotatable bonds is 4. The molecule has 0 bridgehead atoms. The fourth-order valence-corrected chi connectivity index (χ4v) is 1.80. The second kappa shape index (κ2) is 5.70. The zero-order valence-electron chi connectivity index (χ0n) is 8.53. The van der Waals surface area contributed by atoms with Gasteiger partial charge >= 0.3 is 0 Å². The molecule has 0 aliphatic heterocycles. The predicted molar refractivity (Wildman–Crippen MR) is 65.5 cm³/mol. The Kier molecular flexibility index (Phi) is 4.83. The highest BCUT2D eigenvalue weighted by Crippen LogP contribution is 2.35. The van der Waals surface area contributed by atoms with E-state index in [4.69, 9.17) is 34.7 Å². The molecule has 2 atom stereocenters. The van der Waals surface area contributed by atoms with Crippen molar-refractivity contribution >= 4 is 28.9 Å². The molecule has 0 heterocycles. The maximum atomic E-state index is 9.83. The summed E-state index contributed by atoms with van der Waals surface area (Å²) in [7, 11) is 0. The Morgan fingerprint density at radius 1 is 1.19 bits per heavy atom. The molecule has 0 aliphatic rings. The van der Waals surface area contributed by atoms with Crippen LogP contribution in [0.2, 0.25) is 10.0 Å². The van der Waals surface area contributed by atoms with Crippen molar-refractivity contribution in [2.75, 3.05) is 12.3 Å². The first-order valence-corrected chi connectivity index (χ1v) is 5.54. The summed E-state index contributed by atoms with van der Waals surface area (Å²) >= 11 is 11.8. The lowest BCUT2D eigenvalue weighted by Gasteiger charge is -2.19. The van der Waals surface area contributed by atoms with Crippen molar-refractivity contribution in [1.29, 1.82) is 0 Å². The van der Waals surface area contributed by atoms with Gasteiger partial charge in [-0.3, -0.25) is 0 Å². The van der Waals surface area contributed by atoms with Crippen molar-refractivity contribution < 1.29 is 10.2 Å². The minimum absolute atomic E-state index is 0.158. The zero-order chi connectivity index (χ0) is 12.3. The monoisotopic (exact) mass is 264 g/mol. The van der Waals surface area contributed by atoms with E-state index >= 15 is 0 Å². The molecule has 0 fully saturated rings. The van der Waals surface area contributed by atoms with Crippen LogP contribution in [0.4, 0.5) is 5.69 Å². The predicted octanol–water partition coefficient (Wildman–Crippen LogP) is 1.32. The third-order valence-corrected chi connectivity index (χ3v) is 3.20. The molecular weight excluding hydrogens is 251 g/mol. The summed E-state index contributed by atoms with van der Waals surface area (Å²) in [6.45, 7) is 0.276. The molecule has 0 spiro atoms. The number of aliphatic hydroxyl groups excluding tert-OH is 2. The largest absolute Gasteiger partial charge is 0.397 e. The number of benzene rings is 1. The van der Waals surface area contributed by atoms with E-state index in [0.717, 1.165) is 0 Å². The molecule has 0 amide bonds. The zero-order valence-corrected chi connectivity index (χ0v) is 10.0. The number of aliphatic hydroxyl groups is 2. The van der Waals surface area contributed by atoms with Gasteiger partial charge in [0.1, 0.15) is 6.10 Å². The van der Waals surface area contributed by atoms with Crippen LogP contribution in [0.15, 0.2) is 12.1 Å². The molecule has 6 heteroatoms. The normalized spacial score (nSPS) is 14.8. The van der Waals surface area contributed by atoms with E-state index in [2.05, 4.69) is 0 Å². The summed E-state index contributed by atoms with van der Waals surface area (Å²) in [4.78, 5) is 0. The second-order valence-corrected chi connectivity index (χ2v) is 4.22. The maximum Gasteiger partial charge on any atom is 0.106 e. The highest BCUT2D eigenvalue weighted by Gasteiger charge is 2.21. The van der Waals surface area contributed by atoms with E-state index < -0.39 is 12.2 Å². The van der Waals surface area contributed by atoms with Gasteiger partial charge in [-0.05, 0) is 19.0 Å². The Hall–Kier alpha value is -0.520. The summed E-state index contributed by atoms with van der Waals surface area (Å²) in [5.74, 6) is 0. The summed E-state index contributed by atoms with van der Waals surface area (Å²) < 4.78 is 0. The Labute approximate surface area is 104 Å². The van der Waals surface area contributed by atoms with Crippen LogP contribution in [-0.4, -0.2) is 22.9 Å². The quantitative estimate of drug-likeness (QED) is 0.618. The first kappa shape index (κ1) is 13.5. The molecule has 0 aromatic heterocycles. The first-order chi connectivity index (χ1) is 7.49. The molecular formula is C10H14Cl2N2O2. The van der Waals surface area contributed by atoms with Gasteiger partial charge < -0.3 is 21.7 Å². The summed E-state index contributed by atoms with van der Waals surface area (Å²) in [5, 5.41) is 19.8. The van der Waals surface area contributed by atoms with Crippen LogP contribution >= 0.6 is 23.2 Å². The van der Waals surface area contributed by atoms with Gasteiger partial charge in [0.05, 0.1) is 21.8 Å². The number of hydrogen-bond acceptors (Lipinski definition) is 4. The Balaban J connectivity index is 3.00. The lowest BCUT2D eigenvalue weighted by molar-refractivity contribution is 0.0151. The van der Waals surface area contributed by atoms with Crippen LogP contribution in [-0.2, 0) is 0 Å². The highest BCUT2D eigenvalue weighted by molar-refractivity contribution is 6.44. The molecule has 0 aliphatic carbocycles. The third-order valence-electron chi connectivity index (χ3n) is 2.29. The average Bonchev–Trinajstić information content (AvgIpc) is 2.26. The molecule has 90 valence electrons. The van der Waals surface area contributed by atoms with Crippen molar-refractivity contribution in [1.82, 2.24) is 0 Å². The third kappa shape index (κ3) is 2.78. The minimum atomic E-state index is -1.12. The van der Waals surface area contributed by atoms with Gasteiger partial charge in [-0.25, -0.2) is 0 Å². The lowest BCUT2D eigenvalue weighted by atomic mass is 10.0. The van der Waals surface area contributed by atoms with Crippen LogP contribution < -0.4 is 11.5 Å². The SMILES string of the molecule is NCCC(O)C(O)c1ccc(N)c(Cl)c1Cl. The van der Waals surface area contributed by atoms with Crippen LogP contribution in [0.3, 0.4) is 0 Å². The van der Waals surface area contributed by atoms with Crippen molar-refractivity contribution in [2.45, 2.75) is 18.6 Å². The fraction of sp³-hybridized carbons (Fsp3) is 0.400. The molecule has 1 rings (SSSR count). The molecule has 6 N–H and O–H groups in total. The first-order valence-electron chi connectivity index (χ1n) is 4.78. The lowest BCUT2D eigenvalue weighted by Crippen LogP contribution is -2.22. The van der Waals surface area contributed by atoms with Gasteiger partial charge in [-0.15, -0.1) is 0 Å². The molecule has 0 saturated heterocycles. The summed E-state index contributed by atoms with van der Waals surface area (Å²) in [6, 6.07) is 3.07. The van der Waals surface area contributed by atoms with Crippen LogP contribution in [0.5, 0.6) is 0 Å². The second-order valence-electron chi connectivity index (χ2n) is 3.46. The molecule has 1 aromatic carbocycles. The van der Waals surface area contributed by atoms with Crippen molar-refractivity contribution in [3.05, 3.63) is 27.7 Å². The van der Waals surface area contributed by atoms with E-state index in [9.17, 15) is 10.2 Å². The Morgan fingerprint density at radius 2 is 1.81 bits per heavy atom. The topological polar surface area (TPSA) is 92.5 Å². The van der Waals surface area contributed by atoms with Crippen molar-refractivity contribution in [3.8, 4) is 0 Å². The highest BCUT2D eigenvalue weighted by atomic mass is 35.5. The van der Waals surface area contributed by atoms with Crippen LogP contribution in [0, 0.1) is 0 Å². The molecule has 0 radical (unpaired) electrons. The van der Waals surface area contributed by atoms with Gasteiger partial charge in [0.15, 0.2) is 0 Å². The van der Waals surface area contributed by atoms with Crippen LogP contribution in [0.1, 0.15) is 18.1 Å². The summed E-state index contributed by atoms with van der Waals surface area (Å²) in [6.07, 6.45) is -1.81. The van der Waals surface area contributed by atoms with E-state index in [1.807, 2.05) is 0 Å². The average molecular weight is 265 g/mol. The van der Waals surface area contributed by atoms with Crippen LogP contribution in [0.25, 0.3) is 0 Å². The molecule has 4 nitrogen and oxygen atoms in total. The van der Waals surface area contributed by atoms with E-state index in [-0.39, 0.29) is 23.0 Å². The van der Waals surface area contributed by atoms with Gasteiger partial charge in [0, 0.05) is 5.56 Å². The standard InChI is InChI=1S/C10H14Cl2N2O2/c11-8-5(1-2-6(14)9(8)12)10(16)7(15)3-4-13/h1-2,7,10,15-16H,3-4,13-14H2. The van der Waals surface area contributed by atoms with Crippen molar-refractivity contribution in [3.63, 3.8) is 0 Å². The Bertz CT molecular complexity index is 374. The smallest absolute Gasteiger partial charge is 0.106 e. The van der Waals surface area contributed by atoms with E-state index in [1.165, 1.54) is 12.1 Å². The number of hydrogen-bond donors (Lipinski definition) is 4. The minimum Gasteiger partial charge on any atom is -0.397 e. The molecule has 16 heavy (non-hydrogen) atoms. The van der Waals surface area contributed by atoms with Crippen molar-refractivity contribution in [2.24, 2.45) is 5.73 Å². The summed E-state index contributed by atoms with van der Waals surface area (Å²) in [5.41, 5.74) is 11.5. The molecule has 0 saturated carbocycles. The molecule has 1 aromatic rings. The number of anilines is 1. The van der Waals surface area contributed by atoms with Gasteiger partial charge in [-0.1, -0.05) is 29.3 Å². The van der Waals surface area contributed by atoms with E-state index in [1.54, 1.807) is 0 Å². The van der Waals surface area contributed by atoms with E-state index in [0.29, 0.717) is 11.3 Å². The number of halogens is 2. The number of nitrogens with two attached hydrogens (primary N) is 2.